The zero-order chi connectivity index (χ0) is 30.3. The van der Waals surface area contributed by atoms with Crippen molar-refractivity contribution in [1.29, 1.82) is 0 Å². The number of benzene rings is 4. The lowest BCUT2D eigenvalue weighted by atomic mass is 10.0. The second-order valence-electron chi connectivity index (χ2n) is 10.4. The average molecular weight is 584 g/mol. The molecule has 0 radical (unpaired) electrons. The summed E-state index contributed by atoms with van der Waals surface area (Å²) in [4.78, 5) is 29.3. The van der Waals surface area contributed by atoms with E-state index in [4.69, 9.17) is 0 Å². The third kappa shape index (κ3) is 7.25. The van der Waals surface area contributed by atoms with Crippen LogP contribution in [0.2, 0.25) is 0 Å². The molecule has 0 heterocycles. The molecule has 0 aliphatic carbocycles. The number of hydrogen-bond donors (Lipinski definition) is 1. The zero-order valence-electron chi connectivity index (χ0n) is 24.4. The fourth-order valence-electron chi connectivity index (χ4n) is 4.77. The summed E-state index contributed by atoms with van der Waals surface area (Å²) in [5, 5.41) is 2.71. The first-order chi connectivity index (χ1) is 20.1. The van der Waals surface area contributed by atoms with Crippen molar-refractivity contribution in [3.63, 3.8) is 0 Å². The van der Waals surface area contributed by atoms with E-state index in [0.29, 0.717) is 5.69 Å². The Balaban J connectivity index is 1.79. The Hall–Kier alpha value is -4.43. The van der Waals surface area contributed by atoms with Crippen LogP contribution in [0.5, 0.6) is 0 Å². The van der Waals surface area contributed by atoms with E-state index in [1.807, 2.05) is 87.5 Å². The fraction of sp³-hybridized carbons (Fsp3) is 0.235. The maximum absolute atomic E-state index is 14.3. The molecule has 1 N–H and O–H groups in total. The summed E-state index contributed by atoms with van der Waals surface area (Å²) in [7, 11) is -2.58. The standard InChI is InChI=1S/C34H37N3O4S/c1-25-14-18-30(19-15-25)37(42(40,41)31-20-16-26(2)17-21-31)24-33(38)36(23-29-13-9-8-10-27(29)3)32(34(39)35-4)22-28-11-6-5-7-12-28/h5-21,32H,22-24H2,1-4H3,(H,35,39). The van der Waals surface area contributed by atoms with Crippen LogP contribution in [0.1, 0.15) is 27.8 Å². The zero-order valence-corrected chi connectivity index (χ0v) is 25.3. The maximum atomic E-state index is 14.3. The Labute approximate surface area is 248 Å². The molecule has 0 aliphatic heterocycles. The van der Waals surface area contributed by atoms with Crippen molar-refractivity contribution in [3.05, 3.63) is 131 Å². The van der Waals surface area contributed by atoms with Gasteiger partial charge in [0, 0.05) is 20.0 Å². The third-order valence-corrected chi connectivity index (χ3v) is 9.12. The predicted octanol–water partition coefficient (Wildman–Crippen LogP) is 5.19. The van der Waals surface area contributed by atoms with Gasteiger partial charge in [-0.1, -0.05) is 90.0 Å². The molecule has 1 unspecified atom stereocenters. The molecule has 0 aromatic heterocycles. The van der Waals surface area contributed by atoms with Crippen LogP contribution in [-0.2, 0) is 32.6 Å². The molecule has 7 nitrogen and oxygen atoms in total. The molecule has 42 heavy (non-hydrogen) atoms. The van der Waals surface area contributed by atoms with E-state index >= 15 is 0 Å². The van der Waals surface area contributed by atoms with E-state index in [0.717, 1.165) is 32.1 Å². The van der Waals surface area contributed by atoms with Gasteiger partial charge in [-0.3, -0.25) is 13.9 Å². The van der Waals surface area contributed by atoms with Crippen molar-refractivity contribution < 1.29 is 18.0 Å². The van der Waals surface area contributed by atoms with Gasteiger partial charge in [-0.05, 0) is 61.7 Å². The van der Waals surface area contributed by atoms with E-state index in [9.17, 15) is 18.0 Å². The molecule has 2 amide bonds. The van der Waals surface area contributed by atoms with Crippen molar-refractivity contribution in [1.82, 2.24) is 10.2 Å². The molecular formula is C34H37N3O4S. The summed E-state index contributed by atoms with van der Waals surface area (Å²) < 4.78 is 29.2. The van der Waals surface area contributed by atoms with Crippen LogP contribution in [0.15, 0.2) is 108 Å². The lowest BCUT2D eigenvalue weighted by Gasteiger charge is -2.34. The third-order valence-electron chi connectivity index (χ3n) is 7.33. The highest BCUT2D eigenvalue weighted by molar-refractivity contribution is 7.92. The number of anilines is 1. The highest BCUT2D eigenvalue weighted by Crippen LogP contribution is 2.26. The number of amides is 2. The number of carbonyl (C=O) groups excluding carboxylic acids is 2. The molecule has 4 rings (SSSR count). The van der Waals surface area contributed by atoms with Crippen molar-refractivity contribution in [2.45, 2.75) is 44.7 Å². The predicted molar refractivity (Wildman–Crippen MR) is 167 cm³/mol. The molecule has 4 aromatic carbocycles. The van der Waals surface area contributed by atoms with Gasteiger partial charge in [0.1, 0.15) is 12.6 Å². The van der Waals surface area contributed by atoms with E-state index in [1.54, 1.807) is 36.4 Å². The molecule has 0 bridgehead atoms. The van der Waals surface area contributed by atoms with Crippen molar-refractivity contribution in [2.24, 2.45) is 0 Å². The molecule has 8 heteroatoms. The number of hydrogen-bond acceptors (Lipinski definition) is 4. The van der Waals surface area contributed by atoms with E-state index in [1.165, 1.54) is 11.9 Å². The quantitative estimate of drug-likeness (QED) is 0.263. The Bertz CT molecular complexity index is 1620. The molecular weight excluding hydrogens is 546 g/mol. The largest absolute Gasteiger partial charge is 0.357 e. The Morgan fingerprint density at radius 1 is 0.762 bits per heavy atom. The molecule has 218 valence electrons. The number of aryl methyl sites for hydroxylation is 3. The Morgan fingerprint density at radius 2 is 1.33 bits per heavy atom. The highest BCUT2D eigenvalue weighted by Gasteiger charge is 2.34. The molecule has 1 atom stereocenters. The van der Waals surface area contributed by atoms with Gasteiger partial charge < -0.3 is 10.2 Å². The van der Waals surface area contributed by atoms with Crippen LogP contribution >= 0.6 is 0 Å². The van der Waals surface area contributed by atoms with Crippen molar-refractivity contribution >= 4 is 27.5 Å². The van der Waals surface area contributed by atoms with Gasteiger partial charge in [-0.2, -0.15) is 0 Å². The van der Waals surface area contributed by atoms with E-state index < -0.39 is 28.5 Å². The number of rotatable bonds is 11. The number of likely N-dealkylation sites (N-methyl/N-ethyl adjacent to an activating group) is 1. The lowest BCUT2D eigenvalue weighted by molar-refractivity contribution is -0.139. The summed E-state index contributed by atoms with van der Waals surface area (Å²) in [6.07, 6.45) is 0.271. The van der Waals surface area contributed by atoms with Crippen LogP contribution in [0.4, 0.5) is 5.69 Å². The first-order valence-electron chi connectivity index (χ1n) is 13.9. The average Bonchev–Trinajstić information content (AvgIpc) is 2.99. The second kappa shape index (κ2) is 13.5. The molecule has 0 fully saturated rings. The van der Waals surface area contributed by atoms with E-state index in [2.05, 4.69) is 5.32 Å². The molecule has 0 aliphatic rings. The van der Waals surface area contributed by atoms with Crippen molar-refractivity contribution in [3.8, 4) is 0 Å². The summed E-state index contributed by atoms with van der Waals surface area (Å²) in [5.74, 6) is -0.817. The SMILES string of the molecule is CNC(=O)C(Cc1ccccc1)N(Cc1ccccc1C)C(=O)CN(c1ccc(C)cc1)S(=O)(=O)c1ccc(C)cc1. The first kappa shape index (κ1) is 30.5. The topological polar surface area (TPSA) is 86.8 Å². The van der Waals surface area contributed by atoms with Crippen LogP contribution in [0.25, 0.3) is 0 Å². The maximum Gasteiger partial charge on any atom is 0.264 e. The first-order valence-corrected chi connectivity index (χ1v) is 15.3. The summed E-state index contributed by atoms with van der Waals surface area (Å²) in [6, 6.07) is 29.8. The summed E-state index contributed by atoms with van der Waals surface area (Å²) >= 11 is 0. The van der Waals surface area contributed by atoms with Crippen molar-refractivity contribution in [2.75, 3.05) is 17.9 Å². The number of sulfonamides is 1. The lowest BCUT2D eigenvalue weighted by Crippen LogP contribution is -2.53. The Kier molecular flexibility index (Phi) is 9.80. The second-order valence-corrected chi connectivity index (χ2v) is 12.3. The normalized spacial score (nSPS) is 11.9. The molecule has 0 spiro atoms. The van der Waals surface area contributed by atoms with Crippen LogP contribution in [0.3, 0.4) is 0 Å². The minimum Gasteiger partial charge on any atom is -0.357 e. The molecule has 4 aromatic rings. The van der Waals surface area contributed by atoms with Gasteiger partial charge in [-0.25, -0.2) is 8.42 Å². The fourth-order valence-corrected chi connectivity index (χ4v) is 6.18. The highest BCUT2D eigenvalue weighted by atomic mass is 32.2. The van der Waals surface area contributed by atoms with Crippen LogP contribution in [0, 0.1) is 20.8 Å². The van der Waals surface area contributed by atoms with Gasteiger partial charge in [0.15, 0.2) is 0 Å². The summed E-state index contributed by atoms with van der Waals surface area (Å²) in [5.41, 5.74) is 4.97. The molecule has 0 saturated carbocycles. The monoisotopic (exact) mass is 583 g/mol. The van der Waals surface area contributed by atoms with Gasteiger partial charge in [0.25, 0.3) is 10.0 Å². The minimum absolute atomic E-state index is 0.0825. The number of carbonyl (C=O) groups is 2. The van der Waals surface area contributed by atoms with Crippen LogP contribution in [-0.4, -0.2) is 44.8 Å². The van der Waals surface area contributed by atoms with Gasteiger partial charge in [0.05, 0.1) is 10.6 Å². The Morgan fingerprint density at radius 3 is 1.93 bits per heavy atom. The van der Waals surface area contributed by atoms with Gasteiger partial charge in [-0.15, -0.1) is 0 Å². The molecule has 0 saturated heterocycles. The number of nitrogens with zero attached hydrogens (tertiary/aromatic N) is 2. The minimum atomic E-state index is -4.12. The smallest absolute Gasteiger partial charge is 0.264 e. The van der Waals surface area contributed by atoms with E-state index in [-0.39, 0.29) is 23.8 Å². The number of nitrogens with one attached hydrogen (secondary N) is 1. The van der Waals surface area contributed by atoms with Gasteiger partial charge in [0.2, 0.25) is 11.8 Å². The summed E-state index contributed by atoms with van der Waals surface area (Å²) in [6.45, 7) is 5.41. The van der Waals surface area contributed by atoms with Crippen LogP contribution < -0.4 is 9.62 Å². The van der Waals surface area contributed by atoms with Gasteiger partial charge >= 0.3 is 0 Å².